The molecule has 1 saturated carbocycles. The van der Waals surface area contributed by atoms with Gasteiger partial charge in [0.25, 0.3) is 0 Å². The minimum absolute atomic E-state index is 0.614. The Labute approximate surface area is 149 Å². The van der Waals surface area contributed by atoms with Gasteiger partial charge in [0.15, 0.2) is 5.96 Å². The van der Waals surface area contributed by atoms with E-state index in [1.54, 1.807) is 0 Å². The van der Waals surface area contributed by atoms with Crippen molar-refractivity contribution in [2.75, 3.05) is 46.3 Å². The number of hydrogen-bond donors (Lipinski definition) is 1. The molecule has 2 aliphatic heterocycles. The van der Waals surface area contributed by atoms with Crippen molar-refractivity contribution in [1.82, 2.24) is 15.1 Å². The highest BCUT2D eigenvalue weighted by atomic mass is 15.3. The first kappa shape index (κ1) is 18.0. The summed E-state index contributed by atoms with van der Waals surface area (Å²) in [4.78, 5) is 9.69. The van der Waals surface area contributed by atoms with Crippen LogP contribution in [0.25, 0.3) is 0 Å². The lowest BCUT2D eigenvalue weighted by Gasteiger charge is -2.34. The molecule has 0 bridgehead atoms. The monoisotopic (exact) mass is 334 g/mol. The van der Waals surface area contributed by atoms with Gasteiger partial charge in [-0.1, -0.05) is 26.2 Å². The van der Waals surface area contributed by atoms with E-state index in [1.165, 1.54) is 90.5 Å². The molecule has 0 aromatic carbocycles. The molecule has 1 aliphatic carbocycles. The Hall–Kier alpha value is -0.770. The van der Waals surface area contributed by atoms with Crippen LogP contribution in [0.4, 0.5) is 0 Å². The molecule has 24 heavy (non-hydrogen) atoms. The van der Waals surface area contributed by atoms with E-state index in [9.17, 15) is 0 Å². The molecule has 4 heteroatoms. The first-order chi connectivity index (χ1) is 11.7. The van der Waals surface area contributed by atoms with E-state index < -0.39 is 0 Å². The number of aliphatic imine (C=N–C) groups is 1. The van der Waals surface area contributed by atoms with Gasteiger partial charge in [0.1, 0.15) is 0 Å². The van der Waals surface area contributed by atoms with Crippen LogP contribution in [0.2, 0.25) is 0 Å². The van der Waals surface area contributed by atoms with E-state index in [4.69, 9.17) is 0 Å². The van der Waals surface area contributed by atoms with E-state index in [0.717, 1.165) is 18.4 Å². The number of hydrogen-bond acceptors (Lipinski definition) is 2. The van der Waals surface area contributed by atoms with Crippen molar-refractivity contribution in [3.8, 4) is 0 Å². The standard InChI is InChI=1S/C20H38N4/c1-3-23-14-8-18(9-15-23)7-13-22-19(21-2)24-16-12-20(17-24)10-5-4-6-11-20/h18H,3-17H2,1-2H3,(H,21,22). The van der Waals surface area contributed by atoms with E-state index in [-0.39, 0.29) is 0 Å². The van der Waals surface area contributed by atoms with Crippen molar-refractivity contribution < 1.29 is 0 Å². The quantitative estimate of drug-likeness (QED) is 0.632. The van der Waals surface area contributed by atoms with Crippen LogP contribution in [0.5, 0.6) is 0 Å². The van der Waals surface area contributed by atoms with E-state index >= 15 is 0 Å². The Morgan fingerprint density at radius 3 is 2.50 bits per heavy atom. The minimum Gasteiger partial charge on any atom is -0.356 e. The summed E-state index contributed by atoms with van der Waals surface area (Å²) in [7, 11) is 1.95. The Kier molecular flexibility index (Phi) is 6.43. The van der Waals surface area contributed by atoms with Gasteiger partial charge in [0.05, 0.1) is 0 Å². The van der Waals surface area contributed by atoms with Gasteiger partial charge in [-0.05, 0) is 69.5 Å². The summed E-state index contributed by atoms with van der Waals surface area (Å²) in [5.41, 5.74) is 0.614. The molecule has 4 nitrogen and oxygen atoms in total. The summed E-state index contributed by atoms with van der Waals surface area (Å²) in [5.74, 6) is 2.06. The van der Waals surface area contributed by atoms with Gasteiger partial charge in [0, 0.05) is 26.7 Å². The molecule has 0 radical (unpaired) electrons. The molecule has 0 unspecified atom stereocenters. The van der Waals surface area contributed by atoms with Crippen molar-refractivity contribution in [2.24, 2.45) is 16.3 Å². The van der Waals surface area contributed by atoms with E-state index in [1.807, 2.05) is 7.05 Å². The first-order valence-electron chi connectivity index (χ1n) is 10.4. The summed E-state index contributed by atoms with van der Waals surface area (Å²) < 4.78 is 0. The fourth-order valence-corrected chi connectivity index (χ4v) is 5.14. The molecule has 0 amide bonds. The predicted molar refractivity (Wildman–Crippen MR) is 103 cm³/mol. The van der Waals surface area contributed by atoms with Gasteiger partial charge < -0.3 is 15.1 Å². The zero-order valence-electron chi connectivity index (χ0n) is 16.0. The zero-order valence-corrected chi connectivity index (χ0v) is 16.0. The number of nitrogens with one attached hydrogen (secondary N) is 1. The normalized spacial score (nSPS) is 26.2. The number of guanidine groups is 1. The van der Waals surface area contributed by atoms with E-state index in [0.29, 0.717) is 5.41 Å². The van der Waals surface area contributed by atoms with Crippen molar-refractivity contribution >= 4 is 5.96 Å². The molecule has 1 N–H and O–H groups in total. The lowest BCUT2D eigenvalue weighted by molar-refractivity contribution is 0.187. The molecule has 2 saturated heterocycles. The average molecular weight is 335 g/mol. The Morgan fingerprint density at radius 2 is 1.83 bits per heavy atom. The summed E-state index contributed by atoms with van der Waals surface area (Å²) in [6, 6.07) is 0. The average Bonchev–Trinajstić information content (AvgIpc) is 3.03. The van der Waals surface area contributed by atoms with E-state index in [2.05, 4.69) is 27.0 Å². The largest absolute Gasteiger partial charge is 0.356 e. The zero-order chi connectivity index (χ0) is 16.8. The fraction of sp³-hybridized carbons (Fsp3) is 0.950. The third-order valence-corrected chi connectivity index (χ3v) is 6.85. The smallest absolute Gasteiger partial charge is 0.193 e. The van der Waals surface area contributed by atoms with Gasteiger partial charge >= 0.3 is 0 Å². The van der Waals surface area contributed by atoms with Crippen LogP contribution in [0.1, 0.15) is 64.7 Å². The van der Waals surface area contributed by atoms with Crippen molar-refractivity contribution in [3.63, 3.8) is 0 Å². The van der Waals surface area contributed by atoms with Crippen LogP contribution in [0, 0.1) is 11.3 Å². The summed E-state index contributed by atoms with van der Waals surface area (Å²) in [6.45, 7) is 9.62. The highest BCUT2D eigenvalue weighted by Gasteiger charge is 2.39. The van der Waals surface area contributed by atoms with Crippen LogP contribution >= 0.6 is 0 Å². The van der Waals surface area contributed by atoms with Gasteiger partial charge in [-0.15, -0.1) is 0 Å². The van der Waals surface area contributed by atoms with Gasteiger partial charge in [-0.3, -0.25) is 4.99 Å². The molecular weight excluding hydrogens is 296 g/mol. The second-order valence-corrected chi connectivity index (χ2v) is 8.37. The first-order valence-corrected chi connectivity index (χ1v) is 10.4. The van der Waals surface area contributed by atoms with Crippen LogP contribution < -0.4 is 5.32 Å². The highest BCUT2D eigenvalue weighted by Crippen LogP contribution is 2.43. The van der Waals surface area contributed by atoms with Crippen LogP contribution in [-0.2, 0) is 0 Å². The Balaban J connectivity index is 1.40. The number of likely N-dealkylation sites (tertiary alicyclic amines) is 2. The number of nitrogens with zero attached hydrogens (tertiary/aromatic N) is 3. The maximum Gasteiger partial charge on any atom is 0.193 e. The molecule has 138 valence electrons. The fourth-order valence-electron chi connectivity index (χ4n) is 5.14. The second-order valence-electron chi connectivity index (χ2n) is 8.37. The lowest BCUT2D eigenvalue weighted by atomic mass is 9.73. The van der Waals surface area contributed by atoms with Gasteiger partial charge in [0.2, 0.25) is 0 Å². The SMILES string of the molecule is CCN1CCC(CCNC(=NC)N2CCC3(CCCCC3)C2)CC1. The molecule has 2 heterocycles. The summed E-state index contributed by atoms with van der Waals surface area (Å²) in [6.07, 6.45) is 12.6. The molecule has 3 rings (SSSR count). The minimum atomic E-state index is 0.614. The van der Waals surface area contributed by atoms with Crippen molar-refractivity contribution in [1.29, 1.82) is 0 Å². The molecule has 3 fully saturated rings. The molecular formula is C20H38N4. The summed E-state index contributed by atoms with van der Waals surface area (Å²) in [5, 5.41) is 3.67. The van der Waals surface area contributed by atoms with Gasteiger partial charge in [-0.2, -0.15) is 0 Å². The number of rotatable bonds is 4. The van der Waals surface area contributed by atoms with Crippen molar-refractivity contribution in [3.05, 3.63) is 0 Å². The molecule has 0 aromatic rings. The molecule has 1 spiro atoms. The molecule has 0 atom stereocenters. The van der Waals surface area contributed by atoms with Crippen LogP contribution in [-0.4, -0.2) is 62.1 Å². The predicted octanol–water partition coefficient (Wildman–Crippen LogP) is 3.34. The number of piperidine rings is 1. The summed E-state index contributed by atoms with van der Waals surface area (Å²) >= 11 is 0. The Morgan fingerprint density at radius 1 is 1.08 bits per heavy atom. The molecule has 3 aliphatic rings. The third kappa shape index (κ3) is 4.44. The highest BCUT2D eigenvalue weighted by molar-refractivity contribution is 5.80. The molecule has 0 aromatic heterocycles. The third-order valence-electron chi connectivity index (χ3n) is 6.85. The van der Waals surface area contributed by atoms with Crippen LogP contribution in [0.3, 0.4) is 0 Å². The second kappa shape index (κ2) is 8.55. The lowest BCUT2D eigenvalue weighted by Crippen LogP contribution is -2.42. The van der Waals surface area contributed by atoms with Crippen molar-refractivity contribution in [2.45, 2.75) is 64.7 Å². The van der Waals surface area contributed by atoms with Crippen LogP contribution in [0.15, 0.2) is 4.99 Å². The topological polar surface area (TPSA) is 30.9 Å². The Bertz CT molecular complexity index is 406. The maximum atomic E-state index is 4.58. The maximum absolute atomic E-state index is 4.58. The van der Waals surface area contributed by atoms with Gasteiger partial charge in [-0.25, -0.2) is 0 Å².